The summed E-state index contributed by atoms with van der Waals surface area (Å²) in [6.07, 6.45) is 19.8. The Morgan fingerprint density at radius 2 is 1.11 bits per heavy atom. The van der Waals surface area contributed by atoms with E-state index in [1.165, 1.54) is 117 Å². The number of thiophene rings is 1. The highest BCUT2D eigenvalue weighted by Gasteiger charge is 2.51. The maximum atomic E-state index is 7.81. The number of para-hydroxylation sites is 1. The summed E-state index contributed by atoms with van der Waals surface area (Å²) >= 11 is 1.87. The molecule has 0 radical (unpaired) electrons. The van der Waals surface area contributed by atoms with Gasteiger partial charge >= 0.3 is 0 Å². The molecule has 6 aromatic carbocycles. The number of nitrogens with zero attached hydrogens (tertiary/aromatic N) is 3. The van der Waals surface area contributed by atoms with Gasteiger partial charge in [0, 0.05) is 72.3 Å². The van der Waals surface area contributed by atoms with Crippen molar-refractivity contribution in [3.05, 3.63) is 188 Å². The average Bonchev–Trinajstić information content (AvgIpc) is 1.71. The van der Waals surface area contributed by atoms with E-state index in [1.54, 1.807) is 0 Å². The Bertz CT molecular complexity index is 4300. The van der Waals surface area contributed by atoms with Crippen LogP contribution in [0.5, 0.6) is 0 Å². The number of hydrogen-bond donors (Lipinski definition) is 0. The van der Waals surface area contributed by atoms with Gasteiger partial charge in [0.2, 0.25) is 0 Å². The fourth-order valence-electron chi connectivity index (χ4n) is 16.3. The molecule has 0 saturated heterocycles. The van der Waals surface area contributed by atoms with Gasteiger partial charge in [0.15, 0.2) is 0 Å². The van der Waals surface area contributed by atoms with Crippen molar-refractivity contribution in [2.45, 2.75) is 188 Å². The van der Waals surface area contributed by atoms with Crippen LogP contribution in [0.3, 0.4) is 0 Å². The fraction of sp³-hybridized carbons (Fsp3) is 0.380. The van der Waals surface area contributed by atoms with E-state index in [1.807, 2.05) is 17.4 Å². The summed E-state index contributed by atoms with van der Waals surface area (Å²) in [5.41, 5.74) is 30.6. The summed E-state index contributed by atoms with van der Waals surface area (Å²) in [7, 11) is 0. The van der Waals surface area contributed by atoms with Gasteiger partial charge in [-0.3, -0.25) is 0 Å². The van der Waals surface area contributed by atoms with E-state index in [0.29, 0.717) is 0 Å². The second kappa shape index (κ2) is 18.3. The fourth-order valence-corrected chi connectivity index (χ4v) is 17.5. The number of aryl methyl sites for hydroxylation is 1. The summed E-state index contributed by atoms with van der Waals surface area (Å²) in [5, 5.41) is 1.26. The highest BCUT2D eigenvalue weighted by Crippen LogP contribution is 2.57. The molecule has 6 heteroatoms. The van der Waals surface area contributed by atoms with Gasteiger partial charge in [-0.2, -0.15) is 0 Å². The number of anilines is 9. The van der Waals surface area contributed by atoms with Crippen LogP contribution in [0.15, 0.2) is 137 Å². The molecule has 15 rings (SSSR count). The molecule has 8 aromatic rings. The Morgan fingerprint density at radius 1 is 0.541 bits per heavy atom. The lowest BCUT2D eigenvalue weighted by atomic mass is 9.35. The summed E-state index contributed by atoms with van der Waals surface area (Å²) in [6.45, 7) is 36.7. The number of fused-ring (bicyclic) bond motifs is 12. The van der Waals surface area contributed by atoms with Crippen LogP contribution in [-0.4, -0.2) is 6.71 Å². The molecule has 0 unspecified atom stereocenters. The van der Waals surface area contributed by atoms with Gasteiger partial charge in [-0.15, -0.1) is 17.1 Å². The molecule has 0 amide bonds. The Kier molecular flexibility index (Phi) is 11.8. The zero-order valence-electron chi connectivity index (χ0n) is 53.2. The van der Waals surface area contributed by atoms with E-state index in [2.05, 4.69) is 258 Å². The van der Waals surface area contributed by atoms with Crippen LogP contribution in [0.2, 0.25) is 0 Å². The third kappa shape index (κ3) is 8.34. The van der Waals surface area contributed by atoms with Gasteiger partial charge in [-0.25, -0.2) is 0 Å². The molecular weight excluding hydrogens is 1050 g/mol. The monoisotopic (exact) mass is 1130 g/mol. The summed E-state index contributed by atoms with van der Waals surface area (Å²) in [6, 6.07) is 43.9. The van der Waals surface area contributed by atoms with Gasteiger partial charge in [0.25, 0.3) is 6.71 Å². The minimum absolute atomic E-state index is 0.00306. The number of furan rings is 1. The lowest BCUT2D eigenvalue weighted by Crippen LogP contribution is -2.61. The molecule has 0 atom stereocenters. The number of benzene rings is 6. The molecule has 0 fully saturated rings. The molecular formula is C79H84BN3OS. The second-order valence-electron chi connectivity index (χ2n) is 31.4. The zero-order valence-corrected chi connectivity index (χ0v) is 54.0. The molecule has 5 aliphatic carbocycles. The quantitative estimate of drug-likeness (QED) is 0.127. The number of rotatable bonds is 5. The Labute approximate surface area is 511 Å². The third-order valence-corrected chi connectivity index (χ3v) is 23.1. The number of allylic oxidation sites excluding steroid dienone is 3. The maximum absolute atomic E-state index is 7.81. The van der Waals surface area contributed by atoms with Crippen molar-refractivity contribution < 1.29 is 4.42 Å². The maximum Gasteiger partial charge on any atom is 0.297 e. The first-order valence-corrected chi connectivity index (χ1v) is 32.7. The van der Waals surface area contributed by atoms with Crippen molar-refractivity contribution in [2.75, 3.05) is 14.7 Å². The van der Waals surface area contributed by atoms with E-state index >= 15 is 0 Å². The smallest absolute Gasteiger partial charge is 0.297 e. The molecule has 0 bridgehead atoms. The van der Waals surface area contributed by atoms with Gasteiger partial charge < -0.3 is 19.1 Å². The SMILES string of the molecule is CC(C)(C)C1=Cc2c(oc3c2N(c2ccc4c(c2)C(C)(C)CCC4(C)C)c2cc(N(c4ccccc4)c4ccc5c6c(sc5c4)C=CC=C=C6)cc4c2B3c2cc3c(cc2N4c2ccc4c(c2)C(C)(C)CCC4(C)C)C(C)(C)CCC3(C)C)CC1. The van der Waals surface area contributed by atoms with Crippen LogP contribution in [0, 0.1) is 5.41 Å². The predicted octanol–water partition coefficient (Wildman–Crippen LogP) is 20.7. The van der Waals surface area contributed by atoms with E-state index < -0.39 is 0 Å². The largest absolute Gasteiger partial charge is 0.472 e. The highest BCUT2D eigenvalue weighted by molar-refractivity contribution is 7.20. The first-order chi connectivity index (χ1) is 40.2. The van der Waals surface area contributed by atoms with Gasteiger partial charge in [0.1, 0.15) is 5.76 Å². The van der Waals surface area contributed by atoms with Crippen molar-refractivity contribution >= 4 is 114 Å². The van der Waals surface area contributed by atoms with E-state index in [4.69, 9.17) is 4.42 Å². The van der Waals surface area contributed by atoms with Crippen LogP contribution >= 0.6 is 11.3 Å². The van der Waals surface area contributed by atoms with Crippen LogP contribution in [-0.2, 0) is 38.9 Å². The highest BCUT2D eigenvalue weighted by atomic mass is 32.1. The van der Waals surface area contributed by atoms with Crippen molar-refractivity contribution in [3.63, 3.8) is 0 Å². The van der Waals surface area contributed by atoms with Crippen molar-refractivity contribution in [2.24, 2.45) is 5.41 Å². The van der Waals surface area contributed by atoms with Crippen LogP contribution < -0.4 is 31.3 Å². The summed E-state index contributed by atoms with van der Waals surface area (Å²) < 4.78 is 9.07. The molecule has 0 spiro atoms. The Morgan fingerprint density at radius 3 is 1.72 bits per heavy atom. The van der Waals surface area contributed by atoms with Gasteiger partial charge in [-0.1, -0.05) is 158 Å². The molecule has 2 aromatic heterocycles. The Hall–Kier alpha value is -6.98. The molecule has 85 heavy (non-hydrogen) atoms. The topological polar surface area (TPSA) is 22.9 Å². The molecule has 430 valence electrons. The van der Waals surface area contributed by atoms with Crippen LogP contribution in [0.1, 0.15) is 204 Å². The zero-order chi connectivity index (χ0) is 59.3. The summed E-state index contributed by atoms with van der Waals surface area (Å²) in [5.74, 6) is 1.11. The van der Waals surface area contributed by atoms with Crippen molar-refractivity contribution in [3.8, 4) is 0 Å². The first kappa shape index (κ1) is 54.7. The standard InChI is InChI=1S/C79H84BN3OS/c1-73(2,3)48-26-33-67-56(40-48)71-72(84-67)80-63-46-61-62(79(14,15)39-38-78(61,12)13)47-64(63)82(50-28-31-57-59(41-50)76(8,9)36-34-74(57,4)5)65-43-53(44-66(70(65)80)83(71)51-29-32-58-60(42-51)77(10,11)37-35-75(58,6)7)81(49-22-18-16-19-23-49)52-27-30-55-54-24-20-17-21-25-68(54)85-69(55)45-52/h16-19,21-25,27-32,40-47H,26,33-39H2,1-15H3. The van der Waals surface area contributed by atoms with E-state index in [-0.39, 0.29) is 44.6 Å². The average molecular weight is 1130 g/mol. The van der Waals surface area contributed by atoms with E-state index in [9.17, 15) is 0 Å². The third-order valence-electron chi connectivity index (χ3n) is 22.0. The molecule has 0 saturated carbocycles. The van der Waals surface area contributed by atoms with Crippen LogP contribution in [0.4, 0.5) is 51.2 Å². The first-order valence-electron chi connectivity index (χ1n) is 31.9. The predicted molar refractivity (Wildman–Crippen MR) is 366 cm³/mol. The lowest BCUT2D eigenvalue weighted by molar-refractivity contribution is 0.332. The molecule has 2 aliphatic heterocycles. The normalized spacial score (nSPS) is 20.0. The molecule has 4 heterocycles. The number of hydrogen-bond acceptors (Lipinski definition) is 5. The van der Waals surface area contributed by atoms with Gasteiger partial charge in [-0.05, 0) is 218 Å². The Balaban J connectivity index is 1.10. The minimum Gasteiger partial charge on any atom is -0.472 e. The lowest BCUT2D eigenvalue weighted by Gasteiger charge is -2.47. The molecule has 0 N–H and O–H groups in total. The summed E-state index contributed by atoms with van der Waals surface area (Å²) in [4.78, 5) is 9.22. The van der Waals surface area contributed by atoms with Crippen LogP contribution in [0.25, 0.3) is 28.3 Å². The van der Waals surface area contributed by atoms with E-state index in [0.717, 1.165) is 73.4 Å². The van der Waals surface area contributed by atoms with Crippen molar-refractivity contribution in [1.82, 2.24) is 0 Å². The van der Waals surface area contributed by atoms with Gasteiger partial charge in [0.05, 0.1) is 17.0 Å². The second-order valence-corrected chi connectivity index (χ2v) is 32.4. The molecule has 4 nitrogen and oxygen atoms in total. The van der Waals surface area contributed by atoms with Crippen molar-refractivity contribution in [1.29, 1.82) is 0 Å². The minimum atomic E-state index is -0.181. The molecule has 7 aliphatic rings.